The maximum Gasteiger partial charge on any atom is 0.255 e. The molecule has 0 aromatic heterocycles. The van der Waals surface area contributed by atoms with Crippen LogP contribution in [0.1, 0.15) is 10.4 Å². The average Bonchev–Trinajstić information content (AvgIpc) is 2.25. The number of amides is 2. The summed E-state index contributed by atoms with van der Waals surface area (Å²) in [4.78, 5) is 24.1. The molecule has 0 spiro atoms. The summed E-state index contributed by atoms with van der Waals surface area (Å²) in [5.41, 5.74) is 0.161. The van der Waals surface area contributed by atoms with E-state index in [0.29, 0.717) is 0 Å². The molecule has 5 heteroatoms. The quantitative estimate of drug-likeness (QED) is 0.768. The van der Waals surface area contributed by atoms with Crippen LogP contribution in [0, 0.1) is 0 Å². The highest BCUT2D eigenvalue weighted by Crippen LogP contribution is 2.14. The monoisotopic (exact) mass is 222 g/mol. The Morgan fingerprint density at radius 2 is 1.94 bits per heavy atom. The number of likely N-dealkylation sites (N-methyl/N-ethyl adjacent to an activating group) is 1. The number of carbonyl (C=O) groups excluding carboxylic acids is 2. The molecular formula is C11H14N2O3. The first-order chi connectivity index (χ1) is 7.52. The topological polar surface area (TPSA) is 69.6 Å². The molecule has 0 radical (unpaired) electrons. The molecule has 16 heavy (non-hydrogen) atoms. The van der Waals surface area contributed by atoms with Crippen LogP contribution < -0.4 is 5.32 Å². The normalized spacial score (nSPS) is 9.62. The number of para-hydroxylation sites is 1. The van der Waals surface area contributed by atoms with Gasteiger partial charge >= 0.3 is 0 Å². The van der Waals surface area contributed by atoms with Gasteiger partial charge in [-0.2, -0.15) is 0 Å². The van der Waals surface area contributed by atoms with Crippen molar-refractivity contribution in [3.63, 3.8) is 0 Å². The molecule has 0 fully saturated rings. The molecule has 0 bridgehead atoms. The number of benzene rings is 1. The Balaban J connectivity index is 2.60. The minimum absolute atomic E-state index is 0.0832. The summed E-state index contributed by atoms with van der Waals surface area (Å²) in [7, 11) is 3.21. The Morgan fingerprint density at radius 1 is 1.31 bits per heavy atom. The lowest BCUT2D eigenvalue weighted by Crippen LogP contribution is -2.36. The average molecular weight is 222 g/mol. The highest BCUT2D eigenvalue weighted by atomic mass is 16.3. The number of nitrogens with one attached hydrogen (secondary N) is 1. The molecule has 0 aliphatic rings. The van der Waals surface area contributed by atoms with Crippen LogP contribution in [-0.2, 0) is 4.79 Å². The standard InChI is InChI=1S/C11H14N2O3/c1-13(2)10(15)7-12-11(16)8-5-3-4-6-9(8)14/h3-6,14H,7H2,1-2H3,(H,12,16). The predicted molar refractivity (Wildman–Crippen MR) is 59.1 cm³/mol. The zero-order valence-electron chi connectivity index (χ0n) is 9.23. The molecule has 5 nitrogen and oxygen atoms in total. The largest absolute Gasteiger partial charge is 0.507 e. The van der Waals surface area contributed by atoms with E-state index in [9.17, 15) is 14.7 Å². The minimum Gasteiger partial charge on any atom is -0.507 e. The van der Waals surface area contributed by atoms with Gasteiger partial charge in [0.2, 0.25) is 5.91 Å². The van der Waals surface area contributed by atoms with Gasteiger partial charge in [0.15, 0.2) is 0 Å². The molecule has 0 saturated carbocycles. The van der Waals surface area contributed by atoms with Crippen LogP contribution in [0.25, 0.3) is 0 Å². The fourth-order valence-corrected chi connectivity index (χ4v) is 1.07. The Bertz CT molecular complexity index is 402. The van der Waals surface area contributed by atoms with E-state index >= 15 is 0 Å². The van der Waals surface area contributed by atoms with Gasteiger partial charge in [0.25, 0.3) is 5.91 Å². The number of aromatic hydroxyl groups is 1. The lowest BCUT2D eigenvalue weighted by Gasteiger charge is -2.11. The van der Waals surface area contributed by atoms with Crippen LogP contribution in [-0.4, -0.2) is 42.5 Å². The molecule has 0 unspecified atom stereocenters. The number of rotatable bonds is 3. The van der Waals surface area contributed by atoms with Crippen molar-refractivity contribution in [2.45, 2.75) is 0 Å². The summed E-state index contributed by atoms with van der Waals surface area (Å²) < 4.78 is 0. The lowest BCUT2D eigenvalue weighted by atomic mass is 10.2. The zero-order valence-corrected chi connectivity index (χ0v) is 9.23. The Labute approximate surface area is 93.7 Å². The first-order valence-corrected chi connectivity index (χ1v) is 4.78. The van der Waals surface area contributed by atoms with E-state index in [4.69, 9.17) is 0 Å². The molecule has 2 amide bonds. The fraction of sp³-hybridized carbons (Fsp3) is 0.273. The second-order valence-electron chi connectivity index (χ2n) is 3.49. The third-order valence-electron chi connectivity index (χ3n) is 2.05. The van der Waals surface area contributed by atoms with Crippen molar-refractivity contribution >= 4 is 11.8 Å². The molecule has 0 heterocycles. The lowest BCUT2D eigenvalue weighted by molar-refractivity contribution is -0.127. The molecule has 86 valence electrons. The van der Waals surface area contributed by atoms with Gasteiger partial charge in [-0.25, -0.2) is 0 Å². The molecule has 0 aliphatic carbocycles. The second kappa shape index (κ2) is 5.16. The Morgan fingerprint density at radius 3 is 2.50 bits per heavy atom. The van der Waals surface area contributed by atoms with E-state index in [0.717, 1.165) is 0 Å². The fourth-order valence-electron chi connectivity index (χ4n) is 1.07. The second-order valence-corrected chi connectivity index (χ2v) is 3.49. The third-order valence-corrected chi connectivity index (χ3v) is 2.05. The number of phenolic OH excluding ortho intramolecular Hbond substituents is 1. The van der Waals surface area contributed by atoms with Crippen molar-refractivity contribution < 1.29 is 14.7 Å². The van der Waals surface area contributed by atoms with Crippen molar-refractivity contribution in [2.24, 2.45) is 0 Å². The summed E-state index contributed by atoms with van der Waals surface area (Å²) in [5, 5.41) is 11.8. The Kier molecular flexibility index (Phi) is 3.88. The van der Waals surface area contributed by atoms with Crippen LogP contribution in [0.3, 0.4) is 0 Å². The van der Waals surface area contributed by atoms with Crippen molar-refractivity contribution in [3.05, 3.63) is 29.8 Å². The number of carbonyl (C=O) groups is 2. The molecule has 1 aromatic rings. The highest BCUT2D eigenvalue weighted by molar-refractivity contribution is 5.98. The van der Waals surface area contributed by atoms with Gasteiger partial charge in [-0.3, -0.25) is 9.59 Å². The van der Waals surface area contributed by atoms with Crippen LogP contribution in [0.5, 0.6) is 5.75 Å². The minimum atomic E-state index is -0.465. The SMILES string of the molecule is CN(C)C(=O)CNC(=O)c1ccccc1O. The van der Waals surface area contributed by atoms with Gasteiger partial charge in [-0.05, 0) is 12.1 Å². The van der Waals surface area contributed by atoms with Gasteiger partial charge in [0.05, 0.1) is 12.1 Å². The maximum absolute atomic E-state index is 11.6. The van der Waals surface area contributed by atoms with Crippen molar-refractivity contribution in [1.29, 1.82) is 0 Å². The number of hydrogen-bond donors (Lipinski definition) is 2. The van der Waals surface area contributed by atoms with E-state index in [1.807, 2.05) is 0 Å². The molecule has 1 aromatic carbocycles. The summed E-state index contributed by atoms with van der Waals surface area (Å²) in [6.07, 6.45) is 0. The van der Waals surface area contributed by atoms with Crippen molar-refractivity contribution in [3.8, 4) is 5.75 Å². The van der Waals surface area contributed by atoms with Crippen molar-refractivity contribution in [2.75, 3.05) is 20.6 Å². The molecule has 2 N–H and O–H groups in total. The summed E-state index contributed by atoms with van der Waals surface area (Å²) >= 11 is 0. The number of phenols is 1. The molecular weight excluding hydrogens is 208 g/mol. The van der Waals surface area contributed by atoms with Crippen LogP contribution >= 0.6 is 0 Å². The summed E-state index contributed by atoms with van der Waals surface area (Å²) in [6.45, 7) is -0.0832. The first kappa shape index (κ1) is 12.0. The Hall–Kier alpha value is -2.04. The molecule has 1 rings (SSSR count). The van der Waals surface area contributed by atoms with Gasteiger partial charge in [0.1, 0.15) is 5.75 Å². The van der Waals surface area contributed by atoms with E-state index in [-0.39, 0.29) is 23.8 Å². The highest BCUT2D eigenvalue weighted by Gasteiger charge is 2.11. The molecule has 0 atom stereocenters. The van der Waals surface area contributed by atoms with E-state index in [2.05, 4.69) is 5.32 Å². The van der Waals surface area contributed by atoms with Crippen molar-refractivity contribution in [1.82, 2.24) is 10.2 Å². The molecule has 0 aliphatic heterocycles. The van der Waals surface area contributed by atoms with Crippen LogP contribution in [0.4, 0.5) is 0 Å². The molecule has 0 saturated heterocycles. The third kappa shape index (κ3) is 2.98. The zero-order chi connectivity index (χ0) is 12.1. The number of nitrogens with zero attached hydrogens (tertiary/aromatic N) is 1. The van der Waals surface area contributed by atoms with Crippen LogP contribution in [0.2, 0.25) is 0 Å². The van der Waals surface area contributed by atoms with Gasteiger partial charge in [-0.1, -0.05) is 12.1 Å². The first-order valence-electron chi connectivity index (χ1n) is 4.78. The van der Waals surface area contributed by atoms with Gasteiger partial charge in [-0.15, -0.1) is 0 Å². The maximum atomic E-state index is 11.6. The summed E-state index contributed by atoms with van der Waals surface area (Å²) in [6, 6.07) is 6.17. The predicted octanol–water partition coefficient (Wildman–Crippen LogP) is 0.210. The van der Waals surface area contributed by atoms with E-state index < -0.39 is 5.91 Å². The van der Waals surface area contributed by atoms with E-state index in [1.54, 1.807) is 26.2 Å². The van der Waals surface area contributed by atoms with Crippen LogP contribution in [0.15, 0.2) is 24.3 Å². The summed E-state index contributed by atoms with van der Waals surface area (Å²) in [5.74, 6) is -0.769. The van der Waals surface area contributed by atoms with E-state index in [1.165, 1.54) is 17.0 Å². The smallest absolute Gasteiger partial charge is 0.255 e. The number of hydrogen-bond acceptors (Lipinski definition) is 3. The van der Waals surface area contributed by atoms with Gasteiger partial charge in [0, 0.05) is 14.1 Å². The van der Waals surface area contributed by atoms with Gasteiger partial charge < -0.3 is 15.3 Å².